The van der Waals surface area contributed by atoms with Crippen molar-refractivity contribution >= 4 is 17.3 Å². The minimum absolute atomic E-state index is 0.0303. The predicted molar refractivity (Wildman–Crippen MR) is 76.3 cm³/mol. The van der Waals surface area contributed by atoms with Crippen molar-refractivity contribution in [1.82, 2.24) is 4.98 Å². The number of rotatable bonds is 4. The molecule has 0 aliphatic heterocycles. The van der Waals surface area contributed by atoms with Gasteiger partial charge in [0.15, 0.2) is 0 Å². The van der Waals surface area contributed by atoms with Crippen LogP contribution in [0.4, 0.5) is 11.5 Å². The fourth-order valence-electron chi connectivity index (χ4n) is 1.72. The summed E-state index contributed by atoms with van der Waals surface area (Å²) in [6, 6.07) is 11.2. The molecule has 1 aromatic heterocycles. The average Bonchev–Trinajstić information content (AvgIpc) is 2.46. The lowest BCUT2D eigenvalue weighted by molar-refractivity contribution is 0.415. The Morgan fingerprint density at radius 3 is 2.79 bits per heavy atom. The van der Waals surface area contributed by atoms with Gasteiger partial charge in [-0.3, -0.25) is 5.41 Å². The van der Waals surface area contributed by atoms with E-state index in [9.17, 15) is 0 Å². The maximum atomic E-state index is 7.45. The molecule has 0 radical (unpaired) electrons. The lowest BCUT2D eigenvalue weighted by Crippen LogP contribution is -2.15. The lowest BCUT2D eigenvalue weighted by Gasteiger charge is -2.19. The van der Waals surface area contributed by atoms with Crippen LogP contribution in [0.15, 0.2) is 42.6 Å². The van der Waals surface area contributed by atoms with Gasteiger partial charge in [-0.2, -0.15) is 0 Å². The molecule has 2 aromatic rings. The number of nitrogen functional groups attached to an aromatic ring is 1. The number of pyridine rings is 1. The summed E-state index contributed by atoms with van der Waals surface area (Å²) in [5.41, 5.74) is 7.09. The van der Waals surface area contributed by atoms with Crippen LogP contribution in [-0.2, 0) is 0 Å². The lowest BCUT2D eigenvalue weighted by atomic mass is 10.2. The Morgan fingerprint density at radius 2 is 2.11 bits per heavy atom. The molecule has 3 N–H and O–H groups in total. The molecule has 0 fully saturated rings. The van der Waals surface area contributed by atoms with E-state index >= 15 is 0 Å². The highest BCUT2D eigenvalue weighted by molar-refractivity contribution is 5.95. The molecule has 0 unspecified atom stereocenters. The minimum atomic E-state index is 0.0303. The first-order chi connectivity index (χ1) is 9.11. The highest BCUT2D eigenvalue weighted by Crippen LogP contribution is 2.25. The van der Waals surface area contributed by atoms with Gasteiger partial charge >= 0.3 is 0 Å². The number of methoxy groups -OCH3 is 1. The van der Waals surface area contributed by atoms with E-state index in [2.05, 4.69) is 4.98 Å². The molecule has 98 valence electrons. The number of anilines is 2. The average molecular weight is 256 g/mol. The van der Waals surface area contributed by atoms with Crippen LogP contribution in [0, 0.1) is 5.41 Å². The van der Waals surface area contributed by atoms with Crippen molar-refractivity contribution in [3.8, 4) is 5.75 Å². The van der Waals surface area contributed by atoms with E-state index in [-0.39, 0.29) is 5.84 Å². The summed E-state index contributed by atoms with van der Waals surface area (Å²) in [5, 5.41) is 7.45. The number of hydrogen-bond acceptors (Lipinski definition) is 4. The van der Waals surface area contributed by atoms with Crippen molar-refractivity contribution in [3.05, 3.63) is 48.2 Å². The van der Waals surface area contributed by atoms with Crippen LogP contribution >= 0.6 is 0 Å². The maximum Gasteiger partial charge on any atom is 0.133 e. The zero-order valence-corrected chi connectivity index (χ0v) is 10.9. The molecule has 2 rings (SSSR count). The van der Waals surface area contributed by atoms with Crippen LogP contribution in [0.2, 0.25) is 0 Å². The quantitative estimate of drug-likeness (QED) is 0.649. The van der Waals surface area contributed by atoms with E-state index in [4.69, 9.17) is 15.9 Å². The van der Waals surface area contributed by atoms with Crippen LogP contribution < -0.4 is 15.4 Å². The Kier molecular flexibility index (Phi) is 3.66. The number of ether oxygens (including phenoxy) is 1. The highest BCUT2D eigenvalue weighted by Gasteiger charge is 2.08. The van der Waals surface area contributed by atoms with Gasteiger partial charge in [-0.15, -0.1) is 0 Å². The third-order valence-corrected chi connectivity index (χ3v) is 2.84. The van der Waals surface area contributed by atoms with Crippen LogP contribution in [0.25, 0.3) is 0 Å². The third-order valence-electron chi connectivity index (χ3n) is 2.84. The molecule has 19 heavy (non-hydrogen) atoms. The van der Waals surface area contributed by atoms with E-state index in [0.717, 1.165) is 17.3 Å². The molecule has 1 aromatic carbocycles. The Hall–Kier alpha value is -2.56. The smallest absolute Gasteiger partial charge is 0.133 e. The van der Waals surface area contributed by atoms with Gasteiger partial charge in [0.05, 0.1) is 7.11 Å². The maximum absolute atomic E-state index is 7.45. The SMILES string of the molecule is COc1cccc(N(C)c2cc(C(=N)N)ccn2)c1. The van der Waals surface area contributed by atoms with Gasteiger partial charge in [-0.25, -0.2) is 4.98 Å². The number of nitrogens with one attached hydrogen (secondary N) is 1. The van der Waals surface area contributed by atoms with Crippen molar-refractivity contribution in [3.63, 3.8) is 0 Å². The van der Waals surface area contributed by atoms with Crippen LogP contribution in [-0.4, -0.2) is 25.0 Å². The summed E-state index contributed by atoms with van der Waals surface area (Å²) in [7, 11) is 3.54. The zero-order valence-electron chi connectivity index (χ0n) is 10.9. The second-order valence-electron chi connectivity index (χ2n) is 4.08. The second-order valence-corrected chi connectivity index (χ2v) is 4.08. The summed E-state index contributed by atoms with van der Waals surface area (Å²) in [5.74, 6) is 1.54. The minimum Gasteiger partial charge on any atom is -0.497 e. The monoisotopic (exact) mass is 256 g/mol. The first-order valence-electron chi connectivity index (χ1n) is 5.80. The molecule has 0 aliphatic rings. The summed E-state index contributed by atoms with van der Waals surface area (Å²) in [6.45, 7) is 0. The molecule has 5 heteroatoms. The molecule has 0 amide bonds. The second kappa shape index (κ2) is 5.39. The number of hydrogen-bond donors (Lipinski definition) is 2. The van der Waals surface area contributed by atoms with Crippen molar-refractivity contribution in [2.45, 2.75) is 0 Å². The number of aromatic nitrogens is 1. The zero-order chi connectivity index (χ0) is 13.8. The Morgan fingerprint density at radius 1 is 1.32 bits per heavy atom. The van der Waals surface area contributed by atoms with E-state index < -0.39 is 0 Å². The molecular formula is C14H16N4O. The Balaban J connectivity index is 2.35. The summed E-state index contributed by atoms with van der Waals surface area (Å²) >= 11 is 0. The number of amidine groups is 1. The first-order valence-corrected chi connectivity index (χ1v) is 5.80. The van der Waals surface area contributed by atoms with Crippen molar-refractivity contribution in [2.75, 3.05) is 19.1 Å². The molecule has 0 spiro atoms. The number of nitrogens with two attached hydrogens (primary N) is 1. The fraction of sp³-hybridized carbons (Fsp3) is 0.143. The molecular weight excluding hydrogens is 240 g/mol. The van der Waals surface area contributed by atoms with Gasteiger partial charge < -0.3 is 15.4 Å². The molecule has 0 bridgehead atoms. The molecule has 5 nitrogen and oxygen atoms in total. The molecule has 0 saturated carbocycles. The fourth-order valence-corrected chi connectivity index (χ4v) is 1.72. The van der Waals surface area contributed by atoms with E-state index in [1.54, 1.807) is 25.4 Å². The summed E-state index contributed by atoms with van der Waals surface area (Å²) in [4.78, 5) is 6.20. The highest BCUT2D eigenvalue weighted by atomic mass is 16.5. The molecule has 0 atom stereocenters. The van der Waals surface area contributed by atoms with Crippen LogP contribution in [0.1, 0.15) is 5.56 Å². The van der Waals surface area contributed by atoms with E-state index in [0.29, 0.717) is 5.56 Å². The van der Waals surface area contributed by atoms with Gasteiger partial charge in [-0.05, 0) is 24.3 Å². The van der Waals surface area contributed by atoms with E-state index in [1.807, 2.05) is 36.2 Å². The first kappa shape index (κ1) is 12.9. The van der Waals surface area contributed by atoms with Crippen LogP contribution in [0.5, 0.6) is 5.75 Å². The van der Waals surface area contributed by atoms with Gasteiger partial charge in [0.2, 0.25) is 0 Å². The Labute approximate surface area is 112 Å². The normalized spacial score (nSPS) is 10.0. The van der Waals surface area contributed by atoms with Crippen LogP contribution in [0.3, 0.4) is 0 Å². The largest absolute Gasteiger partial charge is 0.497 e. The number of nitrogens with zero attached hydrogens (tertiary/aromatic N) is 2. The van der Waals surface area contributed by atoms with E-state index in [1.165, 1.54) is 0 Å². The van der Waals surface area contributed by atoms with Crippen molar-refractivity contribution < 1.29 is 4.74 Å². The number of benzene rings is 1. The van der Waals surface area contributed by atoms with Gasteiger partial charge in [0, 0.05) is 30.6 Å². The summed E-state index contributed by atoms with van der Waals surface area (Å²) < 4.78 is 5.20. The standard InChI is InChI=1S/C14H16N4O/c1-18(11-4-3-5-12(9-11)19-2)13-8-10(14(15)16)6-7-17-13/h3-9H,1-2H3,(H3,15,16). The van der Waals surface area contributed by atoms with Gasteiger partial charge in [0.1, 0.15) is 17.4 Å². The van der Waals surface area contributed by atoms with Gasteiger partial charge in [-0.1, -0.05) is 6.07 Å². The Bertz CT molecular complexity index is 598. The topological polar surface area (TPSA) is 75.2 Å². The predicted octanol–water partition coefficient (Wildman–Crippen LogP) is 2.14. The molecule has 0 saturated heterocycles. The van der Waals surface area contributed by atoms with Gasteiger partial charge in [0.25, 0.3) is 0 Å². The molecule has 0 aliphatic carbocycles. The third kappa shape index (κ3) is 2.82. The summed E-state index contributed by atoms with van der Waals surface area (Å²) in [6.07, 6.45) is 1.64. The van der Waals surface area contributed by atoms with Crippen molar-refractivity contribution in [2.24, 2.45) is 5.73 Å². The molecule has 1 heterocycles. The van der Waals surface area contributed by atoms with Crippen molar-refractivity contribution in [1.29, 1.82) is 5.41 Å².